The predicted molar refractivity (Wildman–Crippen MR) is 98.1 cm³/mol. The molecule has 6 nitrogen and oxygen atoms in total. The second kappa shape index (κ2) is 7.21. The Morgan fingerprint density at radius 1 is 1.21 bits per heavy atom. The Labute approximate surface area is 159 Å². The van der Waals surface area contributed by atoms with E-state index in [2.05, 4.69) is 34.2 Å². The molecule has 3 aromatic rings. The molecule has 0 aliphatic rings. The van der Waals surface area contributed by atoms with Crippen molar-refractivity contribution in [2.24, 2.45) is 0 Å². The quantitative estimate of drug-likeness (QED) is 0.728. The van der Waals surface area contributed by atoms with E-state index in [1.54, 1.807) is 19.9 Å². The molecule has 0 spiro atoms. The number of aryl methyl sites for hydroxylation is 2. The van der Waals surface area contributed by atoms with Gasteiger partial charge in [0.2, 0.25) is 5.91 Å². The molecule has 0 aliphatic heterocycles. The van der Waals surface area contributed by atoms with Gasteiger partial charge in [-0.05, 0) is 37.5 Å². The maximum atomic E-state index is 12.9. The molecule has 1 N–H and O–H groups in total. The minimum absolute atomic E-state index is 0.0340. The van der Waals surface area contributed by atoms with Gasteiger partial charge in [0.1, 0.15) is 0 Å². The molecule has 0 atom stereocenters. The Morgan fingerprint density at radius 3 is 2.57 bits per heavy atom. The molecule has 0 unspecified atom stereocenters. The molecule has 148 valence electrons. The Kier molecular flexibility index (Phi) is 5.10. The van der Waals surface area contributed by atoms with Gasteiger partial charge in [0.25, 0.3) is 11.6 Å². The van der Waals surface area contributed by atoms with Crippen LogP contribution in [0, 0.1) is 13.8 Å². The molecule has 2 heterocycles. The molecule has 1 amide bonds. The standard InChI is InChI=1S/C19H20F3N5O/c1-10(2)13-6-5-7-14(8-13)24-16(28)9-15-11(3)23-18-25-17(19(20,21)22)26-27(18)12(15)4/h5-8,10H,9H2,1-4H3,(H,24,28). The number of nitrogens with one attached hydrogen (secondary N) is 1. The Bertz CT molecular complexity index is 1040. The van der Waals surface area contributed by atoms with Crippen LogP contribution in [-0.2, 0) is 17.4 Å². The summed E-state index contributed by atoms with van der Waals surface area (Å²) in [5.74, 6) is -1.36. The first kappa shape index (κ1) is 19.8. The van der Waals surface area contributed by atoms with E-state index in [4.69, 9.17) is 0 Å². The average Bonchev–Trinajstić information content (AvgIpc) is 3.03. The number of rotatable bonds is 4. The number of amides is 1. The molecule has 2 aromatic heterocycles. The smallest absolute Gasteiger partial charge is 0.326 e. The number of hydrogen-bond acceptors (Lipinski definition) is 4. The highest BCUT2D eigenvalue weighted by Crippen LogP contribution is 2.27. The Balaban J connectivity index is 1.87. The topological polar surface area (TPSA) is 72.2 Å². The van der Waals surface area contributed by atoms with Gasteiger partial charge in [-0.15, -0.1) is 5.10 Å². The molecule has 0 fully saturated rings. The van der Waals surface area contributed by atoms with E-state index in [0.29, 0.717) is 28.6 Å². The van der Waals surface area contributed by atoms with Crippen LogP contribution >= 0.6 is 0 Å². The van der Waals surface area contributed by atoms with E-state index in [1.165, 1.54) is 0 Å². The summed E-state index contributed by atoms with van der Waals surface area (Å²) >= 11 is 0. The van der Waals surface area contributed by atoms with Gasteiger partial charge in [0.05, 0.1) is 6.42 Å². The fourth-order valence-electron chi connectivity index (χ4n) is 2.93. The summed E-state index contributed by atoms with van der Waals surface area (Å²) < 4.78 is 39.6. The maximum absolute atomic E-state index is 12.9. The first-order valence-electron chi connectivity index (χ1n) is 8.76. The molecule has 3 rings (SSSR count). The lowest BCUT2D eigenvalue weighted by Gasteiger charge is -2.12. The third-order valence-corrected chi connectivity index (χ3v) is 4.48. The molecular formula is C19H20F3N5O. The van der Waals surface area contributed by atoms with Gasteiger partial charge in [0, 0.05) is 22.6 Å². The molecule has 0 saturated carbocycles. The highest BCUT2D eigenvalue weighted by atomic mass is 19.4. The maximum Gasteiger partial charge on any atom is 0.453 e. The van der Waals surface area contributed by atoms with E-state index in [-0.39, 0.29) is 18.1 Å². The van der Waals surface area contributed by atoms with Crippen molar-refractivity contribution >= 4 is 17.4 Å². The van der Waals surface area contributed by atoms with E-state index in [0.717, 1.165) is 10.1 Å². The summed E-state index contributed by atoms with van der Waals surface area (Å²) in [5.41, 5.74) is 3.12. The van der Waals surface area contributed by atoms with Crippen molar-refractivity contribution in [1.29, 1.82) is 0 Å². The molecule has 0 bridgehead atoms. The fraction of sp³-hybridized carbons (Fsp3) is 0.368. The number of alkyl halides is 3. The molecule has 9 heteroatoms. The zero-order valence-corrected chi connectivity index (χ0v) is 15.9. The molecule has 1 aromatic carbocycles. The zero-order valence-electron chi connectivity index (χ0n) is 15.9. The van der Waals surface area contributed by atoms with Gasteiger partial charge in [-0.2, -0.15) is 18.2 Å². The predicted octanol–water partition coefficient (Wildman–Crippen LogP) is 4.06. The molecule has 0 radical (unpaired) electrons. The number of aromatic nitrogens is 4. The highest BCUT2D eigenvalue weighted by molar-refractivity contribution is 5.92. The van der Waals surface area contributed by atoms with Crippen molar-refractivity contribution in [2.75, 3.05) is 5.32 Å². The Morgan fingerprint density at radius 2 is 1.93 bits per heavy atom. The van der Waals surface area contributed by atoms with Crippen LogP contribution in [0.15, 0.2) is 24.3 Å². The number of benzene rings is 1. The van der Waals surface area contributed by atoms with Gasteiger partial charge in [0.15, 0.2) is 0 Å². The molecule has 0 saturated heterocycles. The summed E-state index contributed by atoms with van der Waals surface area (Å²) in [6.45, 7) is 7.35. The largest absolute Gasteiger partial charge is 0.453 e. The third-order valence-electron chi connectivity index (χ3n) is 4.48. The van der Waals surface area contributed by atoms with E-state index in [9.17, 15) is 18.0 Å². The van der Waals surface area contributed by atoms with Crippen LogP contribution in [-0.4, -0.2) is 25.5 Å². The summed E-state index contributed by atoms with van der Waals surface area (Å²) in [7, 11) is 0. The van der Waals surface area contributed by atoms with Crippen molar-refractivity contribution in [3.63, 3.8) is 0 Å². The Hall–Kier alpha value is -2.97. The van der Waals surface area contributed by atoms with E-state index < -0.39 is 12.0 Å². The molecule has 28 heavy (non-hydrogen) atoms. The van der Waals surface area contributed by atoms with Crippen LogP contribution in [0.5, 0.6) is 0 Å². The van der Waals surface area contributed by atoms with E-state index >= 15 is 0 Å². The van der Waals surface area contributed by atoms with Gasteiger partial charge in [-0.1, -0.05) is 26.0 Å². The fourth-order valence-corrected chi connectivity index (χ4v) is 2.93. The minimum atomic E-state index is -4.66. The van der Waals surface area contributed by atoms with Crippen molar-refractivity contribution in [1.82, 2.24) is 19.6 Å². The van der Waals surface area contributed by atoms with Gasteiger partial charge >= 0.3 is 6.18 Å². The first-order chi connectivity index (χ1) is 13.1. The molecule has 0 aliphatic carbocycles. The second-order valence-corrected chi connectivity index (χ2v) is 6.91. The number of carbonyl (C=O) groups excluding carboxylic acids is 1. The number of anilines is 1. The number of halogens is 3. The zero-order chi connectivity index (χ0) is 20.6. The summed E-state index contributed by atoms with van der Waals surface area (Å²) in [4.78, 5) is 20.0. The van der Waals surface area contributed by atoms with Gasteiger partial charge in [-0.25, -0.2) is 9.50 Å². The third kappa shape index (κ3) is 3.97. The lowest BCUT2D eigenvalue weighted by molar-refractivity contribution is -0.144. The van der Waals surface area contributed by atoms with Crippen LogP contribution < -0.4 is 5.32 Å². The van der Waals surface area contributed by atoms with Crippen LogP contribution in [0.4, 0.5) is 18.9 Å². The summed E-state index contributed by atoms with van der Waals surface area (Å²) in [6, 6.07) is 7.53. The SMILES string of the molecule is Cc1nc2nc(C(F)(F)F)nn2c(C)c1CC(=O)Nc1cccc(C(C)C)c1. The lowest BCUT2D eigenvalue weighted by atomic mass is 10.0. The number of fused-ring (bicyclic) bond motifs is 1. The minimum Gasteiger partial charge on any atom is -0.326 e. The number of hydrogen-bond donors (Lipinski definition) is 1. The van der Waals surface area contributed by atoms with Crippen LogP contribution in [0.25, 0.3) is 5.78 Å². The number of nitrogens with zero attached hydrogens (tertiary/aromatic N) is 4. The highest BCUT2D eigenvalue weighted by Gasteiger charge is 2.37. The summed E-state index contributed by atoms with van der Waals surface area (Å²) in [5, 5.41) is 6.32. The van der Waals surface area contributed by atoms with E-state index in [1.807, 2.05) is 18.2 Å². The van der Waals surface area contributed by atoms with Gasteiger partial charge in [-0.3, -0.25) is 4.79 Å². The van der Waals surface area contributed by atoms with Crippen molar-refractivity contribution < 1.29 is 18.0 Å². The van der Waals surface area contributed by atoms with Crippen molar-refractivity contribution in [3.05, 3.63) is 52.6 Å². The van der Waals surface area contributed by atoms with Crippen LogP contribution in [0.1, 0.15) is 48.1 Å². The average molecular weight is 391 g/mol. The molecular weight excluding hydrogens is 371 g/mol. The van der Waals surface area contributed by atoms with Crippen LogP contribution in [0.3, 0.4) is 0 Å². The van der Waals surface area contributed by atoms with Gasteiger partial charge < -0.3 is 5.32 Å². The van der Waals surface area contributed by atoms with Crippen LogP contribution in [0.2, 0.25) is 0 Å². The summed E-state index contributed by atoms with van der Waals surface area (Å²) in [6.07, 6.45) is -4.69. The lowest BCUT2D eigenvalue weighted by Crippen LogP contribution is -2.18. The second-order valence-electron chi connectivity index (χ2n) is 6.91. The first-order valence-corrected chi connectivity index (χ1v) is 8.76. The monoisotopic (exact) mass is 391 g/mol. The van der Waals surface area contributed by atoms with Crippen molar-refractivity contribution in [3.8, 4) is 0 Å². The normalized spacial score (nSPS) is 12.0. The van der Waals surface area contributed by atoms with Crippen molar-refractivity contribution in [2.45, 2.75) is 46.2 Å². The number of carbonyl (C=O) groups is 1.